The molecule has 0 saturated heterocycles. The zero-order valence-corrected chi connectivity index (χ0v) is 17.2. The van der Waals surface area contributed by atoms with Gasteiger partial charge in [0.05, 0.1) is 28.7 Å². The van der Waals surface area contributed by atoms with Gasteiger partial charge in [-0.2, -0.15) is 0 Å². The maximum Gasteiger partial charge on any atom is 0.268 e. The average Bonchev–Trinajstić information content (AvgIpc) is 3.13. The molecule has 5 rings (SSSR count). The highest BCUT2D eigenvalue weighted by molar-refractivity contribution is 7.15. The van der Waals surface area contributed by atoms with Crippen LogP contribution < -0.4 is 10.3 Å². The van der Waals surface area contributed by atoms with Crippen molar-refractivity contribution in [1.82, 2.24) is 14.4 Å². The molecule has 2 aromatic carbocycles. The zero-order chi connectivity index (χ0) is 20.1. The first-order valence-electron chi connectivity index (χ1n) is 9.50. The van der Waals surface area contributed by atoms with Gasteiger partial charge in [0, 0.05) is 17.0 Å². The fourth-order valence-electron chi connectivity index (χ4n) is 3.82. The summed E-state index contributed by atoms with van der Waals surface area (Å²) in [6.45, 7) is 6.66. The Kier molecular flexibility index (Phi) is 4.10. The minimum atomic E-state index is -0.0938. The van der Waals surface area contributed by atoms with Crippen molar-refractivity contribution in [2.75, 3.05) is 6.61 Å². The minimum absolute atomic E-state index is 0.0938. The van der Waals surface area contributed by atoms with E-state index < -0.39 is 0 Å². The van der Waals surface area contributed by atoms with Crippen molar-refractivity contribution in [3.63, 3.8) is 0 Å². The van der Waals surface area contributed by atoms with Crippen molar-refractivity contribution in [2.45, 2.75) is 20.8 Å². The average molecular weight is 401 g/mol. The van der Waals surface area contributed by atoms with E-state index in [1.165, 1.54) is 11.3 Å². The summed E-state index contributed by atoms with van der Waals surface area (Å²) in [7, 11) is 0. The van der Waals surface area contributed by atoms with Crippen LogP contribution in [0.15, 0.2) is 52.8 Å². The number of hydrogen-bond acceptors (Lipinski definition) is 5. The lowest BCUT2D eigenvalue weighted by molar-refractivity contribution is 0.340. The van der Waals surface area contributed by atoms with E-state index in [-0.39, 0.29) is 5.56 Å². The standard InChI is InChI=1S/C23H19N3O2S/c1-4-28-16-7-5-15(6-8-16)19-12-29-23-25-21-17-10-13(2)9-14(3)20(17)24-11-18(21)22(27)26(19)23/h5-12H,4H2,1-3H3. The fourth-order valence-corrected chi connectivity index (χ4v) is 4.70. The minimum Gasteiger partial charge on any atom is -0.494 e. The second-order valence-electron chi connectivity index (χ2n) is 7.11. The number of nitrogens with zero attached hydrogens (tertiary/aromatic N) is 3. The van der Waals surface area contributed by atoms with Crippen molar-refractivity contribution >= 4 is 38.1 Å². The SMILES string of the molecule is CCOc1ccc(-c2csc3nc4c(cnc5c(C)cc(C)cc54)c(=O)n23)cc1. The third-order valence-electron chi connectivity index (χ3n) is 5.09. The van der Waals surface area contributed by atoms with Gasteiger partial charge in [-0.3, -0.25) is 14.2 Å². The summed E-state index contributed by atoms with van der Waals surface area (Å²) in [5.41, 5.74) is 5.51. The van der Waals surface area contributed by atoms with Crippen molar-refractivity contribution < 1.29 is 4.74 Å². The predicted molar refractivity (Wildman–Crippen MR) is 118 cm³/mol. The molecule has 0 aliphatic carbocycles. The quantitative estimate of drug-likeness (QED) is 0.393. The molecule has 6 heteroatoms. The number of rotatable bonds is 3. The van der Waals surface area contributed by atoms with E-state index in [1.807, 2.05) is 50.4 Å². The molecule has 0 N–H and O–H groups in total. The third-order valence-corrected chi connectivity index (χ3v) is 5.91. The number of hydrogen-bond donors (Lipinski definition) is 0. The van der Waals surface area contributed by atoms with Gasteiger partial charge >= 0.3 is 0 Å². The number of aryl methyl sites for hydroxylation is 2. The van der Waals surface area contributed by atoms with Gasteiger partial charge in [0.15, 0.2) is 4.96 Å². The second kappa shape index (κ2) is 6.67. The molecule has 3 heterocycles. The van der Waals surface area contributed by atoms with Crippen LogP contribution in [0.5, 0.6) is 5.75 Å². The van der Waals surface area contributed by atoms with Gasteiger partial charge in [0.25, 0.3) is 5.56 Å². The van der Waals surface area contributed by atoms with E-state index in [0.29, 0.717) is 22.5 Å². The van der Waals surface area contributed by atoms with E-state index in [2.05, 4.69) is 17.1 Å². The van der Waals surface area contributed by atoms with E-state index in [1.54, 1.807) is 10.6 Å². The van der Waals surface area contributed by atoms with E-state index in [9.17, 15) is 4.79 Å². The molecule has 0 unspecified atom stereocenters. The Morgan fingerprint density at radius 3 is 2.62 bits per heavy atom. The Hall–Kier alpha value is -3.25. The predicted octanol–water partition coefficient (Wildman–Crippen LogP) is 5.14. The highest BCUT2D eigenvalue weighted by Crippen LogP contribution is 2.29. The van der Waals surface area contributed by atoms with E-state index in [4.69, 9.17) is 9.72 Å². The normalized spacial score (nSPS) is 11.6. The Morgan fingerprint density at radius 2 is 1.86 bits per heavy atom. The van der Waals surface area contributed by atoms with Gasteiger partial charge < -0.3 is 4.74 Å². The smallest absolute Gasteiger partial charge is 0.268 e. The molecule has 0 amide bonds. The molecule has 3 aromatic heterocycles. The van der Waals surface area contributed by atoms with Crippen LogP contribution in [0.25, 0.3) is 38.0 Å². The van der Waals surface area contributed by atoms with Crippen LogP contribution >= 0.6 is 11.3 Å². The lowest BCUT2D eigenvalue weighted by Crippen LogP contribution is -2.15. The Balaban J connectivity index is 1.79. The van der Waals surface area contributed by atoms with Crippen molar-refractivity contribution in [2.24, 2.45) is 0 Å². The van der Waals surface area contributed by atoms with Crippen LogP contribution in [-0.4, -0.2) is 21.0 Å². The molecule has 0 bridgehead atoms. The first kappa shape index (κ1) is 17.8. The van der Waals surface area contributed by atoms with E-state index in [0.717, 1.165) is 39.0 Å². The first-order valence-corrected chi connectivity index (χ1v) is 10.4. The number of benzene rings is 2. The molecular weight excluding hydrogens is 382 g/mol. The first-order chi connectivity index (χ1) is 14.1. The molecule has 5 nitrogen and oxygen atoms in total. The Morgan fingerprint density at radius 1 is 1.07 bits per heavy atom. The number of ether oxygens (including phenoxy) is 1. The maximum atomic E-state index is 13.4. The molecule has 0 atom stereocenters. The van der Waals surface area contributed by atoms with Gasteiger partial charge in [-0.15, -0.1) is 11.3 Å². The second-order valence-corrected chi connectivity index (χ2v) is 7.95. The Bertz CT molecular complexity index is 1450. The molecular formula is C23H19N3O2S. The van der Waals surface area contributed by atoms with Crippen LogP contribution in [-0.2, 0) is 0 Å². The summed E-state index contributed by atoms with van der Waals surface area (Å²) in [5, 5.41) is 3.44. The molecule has 0 spiro atoms. The summed E-state index contributed by atoms with van der Waals surface area (Å²) in [6.07, 6.45) is 1.65. The molecule has 0 radical (unpaired) electrons. The number of fused-ring (bicyclic) bond motifs is 4. The van der Waals surface area contributed by atoms with Crippen LogP contribution in [0.3, 0.4) is 0 Å². The largest absolute Gasteiger partial charge is 0.494 e. The molecule has 0 fully saturated rings. The van der Waals surface area contributed by atoms with Crippen LogP contribution in [0.1, 0.15) is 18.1 Å². The van der Waals surface area contributed by atoms with Gasteiger partial charge in [-0.1, -0.05) is 11.6 Å². The van der Waals surface area contributed by atoms with Crippen LogP contribution in [0.2, 0.25) is 0 Å². The highest BCUT2D eigenvalue weighted by atomic mass is 32.1. The zero-order valence-electron chi connectivity index (χ0n) is 16.4. The van der Waals surface area contributed by atoms with E-state index >= 15 is 0 Å². The molecule has 0 aliphatic rings. The lowest BCUT2D eigenvalue weighted by atomic mass is 10.1. The summed E-state index contributed by atoms with van der Waals surface area (Å²) in [4.78, 5) is 23.5. The van der Waals surface area contributed by atoms with Crippen molar-refractivity contribution in [3.05, 3.63) is 69.5 Å². The topological polar surface area (TPSA) is 56.5 Å². The summed E-state index contributed by atoms with van der Waals surface area (Å²) < 4.78 is 7.20. The molecule has 29 heavy (non-hydrogen) atoms. The fraction of sp³-hybridized carbons (Fsp3) is 0.174. The lowest BCUT2D eigenvalue weighted by Gasteiger charge is -2.08. The molecule has 5 aromatic rings. The van der Waals surface area contributed by atoms with Gasteiger partial charge in [-0.25, -0.2) is 4.98 Å². The number of pyridine rings is 1. The summed E-state index contributed by atoms with van der Waals surface area (Å²) in [5.74, 6) is 0.813. The third kappa shape index (κ3) is 2.79. The summed E-state index contributed by atoms with van der Waals surface area (Å²) >= 11 is 1.47. The maximum absolute atomic E-state index is 13.4. The van der Waals surface area contributed by atoms with Crippen molar-refractivity contribution in [3.8, 4) is 17.0 Å². The monoisotopic (exact) mass is 401 g/mol. The van der Waals surface area contributed by atoms with Crippen LogP contribution in [0, 0.1) is 13.8 Å². The van der Waals surface area contributed by atoms with Gasteiger partial charge in [-0.05, 0) is 62.2 Å². The summed E-state index contributed by atoms with van der Waals surface area (Å²) in [6, 6.07) is 11.9. The molecule has 144 valence electrons. The number of aromatic nitrogens is 3. The van der Waals surface area contributed by atoms with Gasteiger partial charge in [0.2, 0.25) is 0 Å². The van der Waals surface area contributed by atoms with Gasteiger partial charge in [0.1, 0.15) is 5.75 Å². The Labute approximate surface area is 171 Å². The van der Waals surface area contributed by atoms with Crippen molar-refractivity contribution in [1.29, 1.82) is 0 Å². The molecule has 0 aliphatic heterocycles. The highest BCUT2D eigenvalue weighted by Gasteiger charge is 2.15. The van der Waals surface area contributed by atoms with Crippen LogP contribution in [0.4, 0.5) is 0 Å². The molecule has 0 saturated carbocycles. The number of thiazole rings is 1.